The Morgan fingerprint density at radius 2 is 1.85 bits per heavy atom. The number of pyridine rings is 1. The van der Waals surface area contributed by atoms with Crippen molar-refractivity contribution < 1.29 is 9.15 Å². The summed E-state index contributed by atoms with van der Waals surface area (Å²) in [7, 11) is 0. The van der Waals surface area contributed by atoms with Crippen molar-refractivity contribution in [2.45, 2.75) is 0 Å². The van der Waals surface area contributed by atoms with E-state index in [-0.39, 0.29) is 0 Å². The van der Waals surface area contributed by atoms with Gasteiger partial charge in [-0.1, -0.05) is 30.3 Å². The molecule has 0 fully saturated rings. The highest BCUT2D eigenvalue weighted by atomic mass is 16.5. The molecule has 0 spiro atoms. The van der Waals surface area contributed by atoms with Gasteiger partial charge in [0.25, 0.3) is 0 Å². The van der Waals surface area contributed by atoms with Crippen LogP contribution in [-0.2, 0) is 0 Å². The van der Waals surface area contributed by atoms with Crippen LogP contribution in [0.2, 0.25) is 0 Å². The van der Waals surface area contributed by atoms with Crippen LogP contribution in [0.1, 0.15) is 5.56 Å². The summed E-state index contributed by atoms with van der Waals surface area (Å²) in [6, 6.07) is 21.7. The van der Waals surface area contributed by atoms with Crippen LogP contribution in [0.3, 0.4) is 0 Å². The van der Waals surface area contributed by atoms with Crippen LogP contribution in [0.25, 0.3) is 22.1 Å². The van der Waals surface area contributed by atoms with Crippen LogP contribution in [-0.4, -0.2) is 4.98 Å². The van der Waals surface area contributed by atoms with Gasteiger partial charge >= 0.3 is 5.63 Å². The second-order valence-electron chi connectivity index (χ2n) is 5.60. The standard InChI is InChI=1S/C21H12N2O3/c22-12-14-6-9-20(23-13-14)25-16-7-8-17-18(15-4-2-1-3-5-15)11-21(24)26-19(17)10-16/h1-11,13H. The van der Waals surface area contributed by atoms with Gasteiger partial charge in [0.2, 0.25) is 5.88 Å². The molecule has 4 aromatic rings. The molecule has 124 valence electrons. The third kappa shape index (κ3) is 3.04. The summed E-state index contributed by atoms with van der Waals surface area (Å²) in [4.78, 5) is 16.0. The molecule has 0 aliphatic rings. The van der Waals surface area contributed by atoms with Crippen molar-refractivity contribution in [3.8, 4) is 28.8 Å². The molecule has 5 heteroatoms. The van der Waals surface area contributed by atoms with Gasteiger partial charge < -0.3 is 9.15 Å². The van der Waals surface area contributed by atoms with E-state index in [0.29, 0.717) is 22.8 Å². The topological polar surface area (TPSA) is 76.1 Å². The van der Waals surface area contributed by atoms with Crippen LogP contribution >= 0.6 is 0 Å². The van der Waals surface area contributed by atoms with Gasteiger partial charge in [-0.05, 0) is 29.3 Å². The Kier molecular flexibility index (Phi) is 3.92. The summed E-state index contributed by atoms with van der Waals surface area (Å²) in [5, 5.41) is 9.63. The average molecular weight is 340 g/mol. The van der Waals surface area contributed by atoms with Crippen LogP contribution in [0.15, 0.2) is 82.1 Å². The summed E-state index contributed by atoms with van der Waals surface area (Å²) in [5.74, 6) is 0.841. The lowest BCUT2D eigenvalue weighted by Crippen LogP contribution is -1.98. The Bertz CT molecular complexity index is 1170. The third-order valence-corrected chi connectivity index (χ3v) is 3.89. The Morgan fingerprint density at radius 1 is 1.00 bits per heavy atom. The molecule has 0 aliphatic carbocycles. The first-order valence-electron chi connectivity index (χ1n) is 7.90. The number of rotatable bonds is 3. The number of benzene rings is 2. The van der Waals surface area contributed by atoms with Gasteiger partial charge in [-0.15, -0.1) is 0 Å². The third-order valence-electron chi connectivity index (χ3n) is 3.89. The lowest BCUT2D eigenvalue weighted by Gasteiger charge is -2.08. The van der Waals surface area contributed by atoms with Gasteiger partial charge in [0.1, 0.15) is 17.4 Å². The van der Waals surface area contributed by atoms with Gasteiger partial charge in [0.15, 0.2) is 0 Å². The van der Waals surface area contributed by atoms with Crippen molar-refractivity contribution in [2.75, 3.05) is 0 Å². The summed E-state index contributed by atoms with van der Waals surface area (Å²) in [6.45, 7) is 0. The normalized spacial score (nSPS) is 10.4. The van der Waals surface area contributed by atoms with E-state index in [1.807, 2.05) is 42.5 Å². The smallest absolute Gasteiger partial charge is 0.336 e. The SMILES string of the molecule is N#Cc1ccc(Oc2ccc3c(-c4ccccc4)cc(=O)oc3c2)nc1. The summed E-state index contributed by atoms with van der Waals surface area (Å²) >= 11 is 0. The Morgan fingerprint density at radius 3 is 2.58 bits per heavy atom. The van der Waals surface area contributed by atoms with E-state index in [9.17, 15) is 4.79 Å². The quantitative estimate of drug-likeness (QED) is 0.513. The highest BCUT2D eigenvalue weighted by Gasteiger charge is 2.09. The molecule has 0 saturated heterocycles. The monoisotopic (exact) mass is 340 g/mol. The Hall–Kier alpha value is -3.91. The maximum Gasteiger partial charge on any atom is 0.336 e. The van der Waals surface area contributed by atoms with Crippen LogP contribution < -0.4 is 10.4 Å². The minimum absolute atomic E-state index is 0.352. The van der Waals surface area contributed by atoms with Crippen molar-refractivity contribution in [3.63, 3.8) is 0 Å². The van der Waals surface area contributed by atoms with Crippen LogP contribution in [0.4, 0.5) is 0 Å². The maximum absolute atomic E-state index is 12.0. The molecule has 0 unspecified atom stereocenters. The Labute approximate surface area is 148 Å². The summed E-state index contributed by atoms with van der Waals surface area (Å²) in [6.07, 6.45) is 1.43. The first kappa shape index (κ1) is 15.6. The molecule has 0 amide bonds. The molecule has 0 N–H and O–H groups in total. The zero-order valence-electron chi connectivity index (χ0n) is 13.5. The summed E-state index contributed by atoms with van der Waals surface area (Å²) in [5.41, 5.74) is 2.20. The number of fused-ring (bicyclic) bond motifs is 1. The number of ether oxygens (including phenoxy) is 1. The molecule has 0 atom stereocenters. The molecular formula is C21H12N2O3. The number of hydrogen-bond donors (Lipinski definition) is 0. The lowest BCUT2D eigenvalue weighted by molar-refractivity contribution is 0.461. The highest BCUT2D eigenvalue weighted by molar-refractivity contribution is 5.93. The van der Waals surface area contributed by atoms with Gasteiger partial charge in [-0.2, -0.15) is 5.26 Å². The number of nitriles is 1. The van der Waals surface area contributed by atoms with E-state index in [1.165, 1.54) is 12.3 Å². The van der Waals surface area contributed by atoms with Gasteiger partial charge in [0.05, 0.1) is 5.56 Å². The fraction of sp³-hybridized carbons (Fsp3) is 0. The molecule has 0 bridgehead atoms. The van der Waals surface area contributed by atoms with E-state index in [2.05, 4.69) is 4.98 Å². The zero-order valence-corrected chi connectivity index (χ0v) is 13.5. The van der Waals surface area contributed by atoms with Crippen LogP contribution in [0, 0.1) is 11.3 Å². The average Bonchev–Trinajstić information content (AvgIpc) is 2.68. The van der Waals surface area contributed by atoms with E-state index < -0.39 is 5.63 Å². The van der Waals surface area contributed by atoms with Crippen molar-refractivity contribution in [2.24, 2.45) is 0 Å². The molecule has 0 aliphatic heterocycles. The molecule has 0 saturated carbocycles. The zero-order chi connectivity index (χ0) is 17.9. The van der Waals surface area contributed by atoms with Gasteiger partial charge in [0, 0.05) is 29.8 Å². The second kappa shape index (κ2) is 6.54. The molecule has 5 nitrogen and oxygen atoms in total. The van der Waals surface area contributed by atoms with E-state index in [1.54, 1.807) is 24.3 Å². The van der Waals surface area contributed by atoms with E-state index >= 15 is 0 Å². The lowest BCUT2D eigenvalue weighted by atomic mass is 10.0. The molecule has 2 heterocycles. The predicted octanol–water partition coefficient (Wildman–Crippen LogP) is 4.52. The largest absolute Gasteiger partial charge is 0.439 e. The molecular weight excluding hydrogens is 328 g/mol. The molecule has 4 rings (SSSR count). The van der Waals surface area contributed by atoms with E-state index in [0.717, 1.165) is 16.5 Å². The molecule has 2 aromatic carbocycles. The minimum atomic E-state index is -0.426. The van der Waals surface area contributed by atoms with Gasteiger partial charge in [-0.3, -0.25) is 0 Å². The second-order valence-corrected chi connectivity index (χ2v) is 5.60. The van der Waals surface area contributed by atoms with Crippen molar-refractivity contribution in [3.05, 3.63) is 88.9 Å². The fourth-order valence-corrected chi connectivity index (χ4v) is 2.69. The number of nitrogens with zero attached hydrogens (tertiary/aromatic N) is 2. The van der Waals surface area contributed by atoms with Crippen LogP contribution in [0.5, 0.6) is 11.6 Å². The van der Waals surface area contributed by atoms with Crippen molar-refractivity contribution in [1.29, 1.82) is 5.26 Å². The predicted molar refractivity (Wildman–Crippen MR) is 96.9 cm³/mol. The molecule has 2 aromatic heterocycles. The minimum Gasteiger partial charge on any atom is -0.439 e. The first-order chi connectivity index (χ1) is 12.7. The Balaban J connectivity index is 1.76. The van der Waals surface area contributed by atoms with Crippen molar-refractivity contribution >= 4 is 11.0 Å². The summed E-state index contributed by atoms with van der Waals surface area (Å²) < 4.78 is 11.0. The van der Waals surface area contributed by atoms with Crippen molar-refractivity contribution in [1.82, 2.24) is 4.98 Å². The highest BCUT2D eigenvalue weighted by Crippen LogP contribution is 2.30. The molecule has 0 radical (unpaired) electrons. The first-order valence-corrected chi connectivity index (χ1v) is 7.90. The number of aromatic nitrogens is 1. The van der Waals surface area contributed by atoms with E-state index in [4.69, 9.17) is 14.4 Å². The molecule has 26 heavy (non-hydrogen) atoms. The number of hydrogen-bond acceptors (Lipinski definition) is 5. The maximum atomic E-state index is 12.0. The fourth-order valence-electron chi connectivity index (χ4n) is 2.69. The van der Waals surface area contributed by atoms with Gasteiger partial charge in [-0.25, -0.2) is 9.78 Å².